The van der Waals surface area contributed by atoms with Crippen LogP contribution >= 0.6 is 23.2 Å². The van der Waals surface area contributed by atoms with Gasteiger partial charge in [-0.2, -0.15) is 0 Å². The predicted octanol–water partition coefficient (Wildman–Crippen LogP) is 2.20. The second-order valence-electron chi connectivity index (χ2n) is 4.20. The predicted molar refractivity (Wildman–Crippen MR) is 86.8 cm³/mol. The number of alkyl halides is 2. The molecule has 1 atom stereocenters. The smallest absolute Gasteiger partial charge is 0.320 e. The highest BCUT2D eigenvalue weighted by Gasteiger charge is 2.04. The molecule has 0 spiro atoms. The summed E-state index contributed by atoms with van der Waals surface area (Å²) in [5.74, 6) is 0.161. The van der Waals surface area contributed by atoms with Crippen molar-refractivity contribution >= 4 is 41.1 Å². The van der Waals surface area contributed by atoms with Gasteiger partial charge < -0.3 is 15.7 Å². The number of carbonyl (C=O) groups is 2. The molecule has 1 aromatic rings. The highest BCUT2D eigenvalue weighted by Crippen LogP contribution is 2.14. The van der Waals surface area contributed by atoms with E-state index in [2.05, 4.69) is 4.90 Å². The first kappa shape index (κ1) is 19.7. The van der Waals surface area contributed by atoms with Crippen molar-refractivity contribution < 1.29 is 14.7 Å². The van der Waals surface area contributed by atoms with Gasteiger partial charge in [-0.15, -0.1) is 23.2 Å². The summed E-state index contributed by atoms with van der Waals surface area (Å²) in [6.45, 7) is 2.94. The fraction of sp³-hybridized carbons (Fsp3) is 0.429. The Morgan fingerprint density at radius 2 is 1.71 bits per heavy atom. The van der Waals surface area contributed by atoms with E-state index in [0.717, 1.165) is 25.1 Å². The Morgan fingerprint density at radius 1 is 1.29 bits per heavy atom. The van der Waals surface area contributed by atoms with E-state index in [4.69, 9.17) is 34.0 Å². The van der Waals surface area contributed by atoms with E-state index >= 15 is 0 Å². The number of benzene rings is 1. The van der Waals surface area contributed by atoms with E-state index in [1.54, 1.807) is 12.1 Å². The third kappa shape index (κ3) is 8.55. The van der Waals surface area contributed by atoms with Crippen LogP contribution in [0.5, 0.6) is 0 Å². The average molecular weight is 335 g/mol. The summed E-state index contributed by atoms with van der Waals surface area (Å²) in [5.41, 5.74) is 6.56. The largest absolute Gasteiger partial charge is 0.480 e. The SMILES string of the molecule is C[C@H](N)C(=O)O.O=Cc1ccc(N(CCCl)CCCl)cc1. The maximum atomic E-state index is 10.5. The lowest BCUT2D eigenvalue weighted by molar-refractivity contribution is -0.138. The zero-order valence-electron chi connectivity index (χ0n) is 11.8. The molecule has 21 heavy (non-hydrogen) atoms. The van der Waals surface area contributed by atoms with Gasteiger partial charge in [-0.3, -0.25) is 9.59 Å². The Hall–Kier alpha value is -1.30. The third-order valence-corrected chi connectivity index (χ3v) is 2.83. The van der Waals surface area contributed by atoms with Crippen molar-refractivity contribution in [3.05, 3.63) is 29.8 Å². The van der Waals surface area contributed by atoms with Crippen molar-refractivity contribution in [3.8, 4) is 0 Å². The van der Waals surface area contributed by atoms with Gasteiger partial charge in [0.1, 0.15) is 12.3 Å². The minimum atomic E-state index is -0.963. The number of aldehydes is 1. The summed E-state index contributed by atoms with van der Waals surface area (Å²) in [6, 6.07) is 6.66. The van der Waals surface area contributed by atoms with Gasteiger partial charge in [-0.05, 0) is 31.2 Å². The van der Waals surface area contributed by atoms with E-state index in [1.807, 2.05) is 12.1 Å². The van der Waals surface area contributed by atoms with Crippen LogP contribution in [0.2, 0.25) is 0 Å². The zero-order chi connectivity index (χ0) is 16.3. The molecular formula is C14H20Cl2N2O3. The van der Waals surface area contributed by atoms with Gasteiger partial charge in [-0.25, -0.2) is 0 Å². The lowest BCUT2D eigenvalue weighted by atomic mass is 10.2. The number of nitrogens with two attached hydrogens (primary N) is 1. The Bertz CT molecular complexity index is 419. The Balaban J connectivity index is 0.000000567. The molecule has 0 aliphatic rings. The molecule has 0 fully saturated rings. The number of rotatable bonds is 7. The van der Waals surface area contributed by atoms with Crippen LogP contribution in [0.1, 0.15) is 17.3 Å². The van der Waals surface area contributed by atoms with Gasteiger partial charge in [0.25, 0.3) is 0 Å². The summed E-state index contributed by atoms with van der Waals surface area (Å²) < 4.78 is 0. The molecule has 0 aliphatic carbocycles. The molecule has 0 radical (unpaired) electrons. The van der Waals surface area contributed by atoms with Crippen LogP contribution in [0.3, 0.4) is 0 Å². The quantitative estimate of drug-likeness (QED) is 0.590. The van der Waals surface area contributed by atoms with Crippen molar-refractivity contribution in [1.29, 1.82) is 0 Å². The number of halogens is 2. The van der Waals surface area contributed by atoms with Crippen LogP contribution in [0.25, 0.3) is 0 Å². The van der Waals surface area contributed by atoms with Crippen molar-refractivity contribution in [3.63, 3.8) is 0 Å². The summed E-state index contributed by atoms with van der Waals surface area (Å²) >= 11 is 11.4. The lowest BCUT2D eigenvalue weighted by Gasteiger charge is -2.22. The van der Waals surface area contributed by atoms with E-state index in [9.17, 15) is 9.59 Å². The van der Waals surface area contributed by atoms with Gasteiger partial charge in [0.2, 0.25) is 0 Å². The second kappa shape index (κ2) is 11.4. The van der Waals surface area contributed by atoms with Crippen LogP contribution < -0.4 is 10.6 Å². The zero-order valence-corrected chi connectivity index (χ0v) is 13.3. The maximum Gasteiger partial charge on any atom is 0.320 e. The standard InChI is InChI=1S/C11H13Cl2NO.C3H7NO2/c12-5-7-14(8-6-13)11-3-1-10(9-15)2-4-11;1-2(4)3(5)6/h1-4,9H,5-8H2;2H,4H2,1H3,(H,5,6)/t;2-/m.0/s1. The molecule has 0 saturated heterocycles. The van der Waals surface area contributed by atoms with Crippen molar-refractivity contribution in [2.24, 2.45) is 5.73 Å². The molecule has 1 rings (SSSR count). The summed E-state index contributed by atoms with van der Waals surface area (Å²) in [6.07, 6.45) is 0.831. The molecule has 5 nitrogen and oxygen atoms in total. The first-order valence-corrected chi connectivity index (χ1v) is 7.43. The van der Waals surface area contributed by atoms with E-state index in [0.29, 0.717) is 17.3 Å². The molecule has 0 unspecified atom stereocenters. The molecule has 0 aromatic heterocycles. The van der Waals surface area contributed by atoms with Crippen LogP contribution in [-0.4, -0.2) is 48.3 Å². The van der Waals surface area contributed by atoms with Crippen molar-refractivity contribution in [2.75, 3.05) is 29.7 Å². The molecule has 118 valence electrons. The molecule has 0 bridgehead atoms. The van der Waals surface area contributed by atoms with E-state index < -0.39 is 12.0 Å². The number of aliphatic carboxylic acids is 1. The number of carbonyl (C=O) groups excluding carboxylic acids is 1. The fourth-order valence-electron chi connectivity index (χ4n) is 1.34. The minimum absolute atomic E-state index is 0.562. The molecule has 0 amide bonds. The number of carboxylic acid groups (broad SMARTS) is 1. The second-order valence-corrected chi connectivity index (χ2v) is 4.96. The molecule has 3 N–H and O–H groups in total. The number of carboxylic acids is 1. The lowest BCUT2D eigenvalue weighted by Crippen LogP contribution is -2.27. The van der Waals surface area contributed by atoms with Gasteiger partial charge in [0, 0.05) is 36.1 Å². The van der Waals surface area contributed by atoms with Gasteiger partial charge in [0.15, 0.2) is 0 Å². The first-order valence-electron chi connectivity index (χ1n) is 6.36. The number of hydrogen-bond donors (Lipinski definition) is 2. The number of hydrogen-bond acceptors (Lipinski definition) is 4. The first-order chi connectivity index (χ1) is 9.96. The monoisotopic (exact) mass is 334 g/mol. The van der Waals surface area contributed by atoms with Gasteiger partial charge >= 0.3 is 5.97 Å². The van der Waals surface area contributed by atoms with E-state index in [-0.39, 0.29) is 0 Å². The highest BCUT2D eigenvalue weighted by molar-refractivity contribution is 6.18. The Kier molecular flexibility index (Phi) is 10.7. The van der Waals surface area contributed by atoms with Crippen LogP contribution in [0.15, 0.2) is 24.3 Å². The van der Waals surface area contributed by atoms with Crippen LogP contribution in [0.4, 0.5) is 5.69 Å². The molecule has 0 aliphatic heterocycles. The van der Waals surface area contributed by atoms with Crippen molar-refractivity contribution in [1.82, 2.24) is 0 Å². The van der Waals surface area contributed by atoms with Gasteiger partial charge in [0.05, 0.1) is 0 Å². The Labute approximate surface area is 134 Å². The number of anilines is 1. The van der Waals surface area contributed by atoms with Crippen molar-refractivity contribution in [2.45, 2.75) is 13.0 Å². The van der Waals surface area contributed by atoms with Crippen LogP contribution in [0, 0.1) is 0 Å². The Morgan fingerprint density at radius 3 is 2.00 bits per heavy atom. The normalized spacial score (nSPS) is 11.0. The molecule has 7 heteroatoms. The van der Waals surface area contributed by atoms with Gasteiger partial charge in [-0.1, -0.05) is 0 Å². The summed E-state index contributed by atoms with van der Waals surface area (Å²) in [7, 11) is 0. The summed E-state index contributed by atoms with van der Waals surface area (Å²) in [5, 5.41) is 7.87. The molecular weight excluding hydrogens is 315 g/mol. The average Bonchev–Trinajstić information content (AvgIpc) is 2.47. The molecule has 0 saturated carbocycles. The third-order valence-electron chi connectivity index (χ3n) is 2.49. The fourth-order valence-corrected chi connectivity index (χ4v) is 1.75. The highest BCUT2D eigenvalue weighted by atomic mass is 35.5. The molecule has 0 heterocycles. The van der Waals surface area contributed by atoms with E-state index in [1.165, 1.54) is 6.92 Å². The minimum Gasteiger partial charge on any atom is -0.480 e. The number of nitrogens with zero attached hydrogens (tertiary/aromatic N) is 1. The molecule has 1 aromatic carbocycles. The maximum absolute atomic E-state index is 10.5. The van der Waals surface area contributed by atoms with Crippen LogP contribution in [-0.2, 0) is 4.79 Å². The topological polar surface area (TPSA) is 83.6 Å². The summed E-state index contributed by atoms with van der Waals surface area (Å²) in [4.78, 5) is 22.1.